The maximum atomic E-state index is 14.1. The number of aliphatic imine (C=N–C) groups is 2. The summed E-state index contributed by atoms with van der Waals surface area (Å²) in [7, 11) is 1.67. The number of ether oxygens (including phenoxy) is 1. The molecule has 2 atom stereocenters. The summed E-state index contributed by atoms with van der Waals surface area (Å²) in [6.45, 7) is 2.30. The van der Waals surface area contributed by atoms with Gasteiger partial charge in [-0.1, -0.05) is 23.7 Å². The molecule has 8 heteroatoms. The van der Waals surface area contributed by atoms with E-state index in [0.717, 1.165) is 46.6 Å². The van der Waals surface area contributed by atoms with Crippen LogP contribution in [0.1, 0.15) is 37.3 Å². The van der Waals surface area contributed by atoms with E-state index >= 15 is 0 Å². The van der Waals surface area contributed by atoms with Crippen molar-refractivity contribution >= 4 is 29.2 Å². The first-order valence-corrected chi connectivity index (χ1v) is 11.7. The van der Waals surface area contributed by atoms with Crippen molar-refractivity contribution in [2.24, 2.45) is 21.1 Å². The molecule has 2 heterocycles. The number of halogens is 2. The van der Waals surface area contributed by atoms with Crippen molar-refractivity contribution in [2.75, 3.05) is 13.8 Å². The van der Waals surface area contributed by atoms with Crippen LogP contribution < -0.4 is 5.73 Å². The smallest absolute Gasteiger partial charge is 0.262 e. The van der Waals surface area contributed by atoms with Crippen molar-refractivity contribution in [3.63, 3.8) is 0 Å². The van der Waals surface area contributed by atoms with E-state index < -0.39 is 16.8 Å². The van der Waals surface area contributed by atoms with Gasteiger partial charge in [0.2, 0.25) is 0 Å². The molecule has 2 aliphatic heterocycles. The molecule has 2 unspecified atom stereocenters. The molecule has 34 heavy (non-hydrogen) atoms. The van der Waals surface area contributed by atoms with Gasteiger partial charge in [-0.2, -0.15) is 0 Å². The number of guanidine groups is 1. The number of carbonyl (C=O) groups excluding carboxylic acids is 1. The summed E-state index contributed by atoms with van der Waals surface area (Å²) in [6.07, 6.45) is 2.83. The number of hydrogen-bond acceptors (Lipinski definition) is 5. The standard InChI is InChI=1S/C26H24ClFN4O2/c1-14-20-12-25(6-5-22(20)30-13-34-14)11-16-4-3-15(17-7-18(27)10-19(28)8-17)9-21(16)26(25)23(33)32(2)24(29)31-26/h3-4,7-10H,5-6,11-13H2,1-2H3,(H2,29,31). The number of likely N-dealkylation sites (N-methyl/N-ethyl adjacent to an activating group) is 1. The van der Waals surface area contributed by atoms with Crippen LogP contribution in [0.5, 0.6) is 0 Å². The molecule has 0 saturated heterocycles. The second-order valence-electron chi connectivity index (χ2n) is 9.62. The molecule has 174 valence electrons. The van der Waals surface area contributed by atoms with Gasteiger partial charge in [-0.15, -0.1) is 0 Å². The number of allylic oxidation sites excluding steroid dienone is 2. The van der Waals surface area contributed by atoms with Gasteiger partial charge in [-0.05, 0) is 79.1 Å². The highest BCUT2D eigenvalue weighted by Gasteiger charge is 2.66. The minimum absolute atomic E-state index is 0.131. The van der Waals surface area contributed by atoms with E-state index in [9.17, 15) is 9.18 Å². The largest absolute Gasteiger partial charge is 0.476 e. The summed E-state index contributed by atoms with van der Waals surface area (Å²) in [5.74, 6) is 0.531. The summed E-state index contributed by atoms with van der Waals surface area (Å²) in [6, 6.07) is 10.4. The Hall–Kier alpha value is -3.19. The fraction of sp³-hybridized carbons (Fsp3) is 0.346. The summed E-state index contributed by atoms with van der Waals surface area (Å²) >= 11 is 6.13. The third-order valence-corrected chi connectivity index (χ3v) is 8.12. The van der Waals surface area contributed by atoms with Gasteiger partial charge in [0, 0.05) is 28.8 Å². The number of carbonyl (C=O) groups is 1. The molecule has 0 aromatic heterocycles. The van der Waals surface area contributed by atoms with Crippen molar-refractivity contribution < 1.29 is 13.9 Å². The highest BCUT2D eigenvalue weighted by atomic mass is 35.5. The Morgan fingerprint density at radius 2 is 2.00 bits per heavy atom. The van der Waals surface area contributed by atoms with E-state index in [0.29, 0.717) is 30.2 Å². The number of rotatable bonds is 1. The number of benzene rings is 2. The number of fused-ring (bicyclic) bond motifs is 4. The number of nitrogens with zero attached hydrogens (tertiary/aromatic N) is 3. The molecule has 1 amide bonds. The Morgan fingerprint density at radius 1 is 1.18 bits per heavy atom. The minimum atomic E-state index is -1.15. The summed E-state index contributed by atoms with van der Waals surface area (Å²) in [4.78, 5) is 24.9. The molecule has 0 radical (unpaired) electrons. The van der Waals surface area contributed by atoms with Crippen molar-refractivity contribution in [1.82, 2.24) is 4.90 Å². The molecule has 6 rings (SSSR count). The Labute approximate surface area is 202 Å². The first-order chi connectivity index (χ1) is 16.2. The molecule has 1 fully saturated rings. The molecule has 2 spiro atoms. The second kappa shape index (κ2) is 7.15. The average Bonchev–Trinajstić information content (AvgIpc) is 3.20. The first kappa shape index (κ1) is 21.4. The molecular formula is C26H24ClFN4O2. The molecule has 1 saturated carbocycles. The Bertz CT molecular complexity index is 1350. The van der Waals surface area contributed by atoms with E-state index in [-0.39, 0.29) is 11.9 Å². The van der Waals surface area contributed by atoms with Crippen LogP contribution in [0.2, 0.25) is 5.02 Å². The van der Waals surface area contributed by atoms with Gasteiger partial charge >= 0.3 is 0 Å². The normalized spacial score (nSPS) is 27.6. The maximum Gasteiger partial charge on any atom is 0.262 e. The summed E-state index contributed by atoms with van der Waals surface area (Å²) in [5, 5.41) is 0.319. The topological polar surface area (TPSA) is 80.3 Å². The Balaban J connectivity index is 1.55. The fourth-order valence-electron chi connectivity index (χ4n) is 6.20. The van der Waals surface area contributed by atoms with Crippen molar-refractivity contribution in [3.8, 4) is 11.1 Å². The van der Waals surface area contributed by atoms with Crippen LogP contribution in [-0.4, -0.2) is 36.3 Å². The zero-order chi connectivity index (χ0) is 23.8. The monoisotopic (exact) mass is 478 g/mol. The van der Waals surface area contributed by atoms with E-state index in [1.54, 1.807) is 13.1 Å². The lowest BCUT2D eigenvalue weighted by Crippen LogP contribution is -2.51. The van der Waals surface area contributed by atoms with Gasteiger partial charge in [0.25, 0.3) is 5.91 Å². The average molecular weight is 479 g/mol. The number of nitrogens with two attached hydrogens (primary N) is 1. The van der Waals surface area contributed by atoms with Crippen molar-refractivity contribution in [3.05, 3.63) is 69.7 Å². The van der Waals surface area contributed by atoms with Gasteiger partial charge in [-0.3, -0.25) is 9.69 Å². The van der Waals surface area contributed by atoms with Gasteiger partial charge in [0.15, 0.2) is 18.2 Å². The van der Waals surface area contributed by atoms with Crippen LogP contribution in [0.3, 0.4) is 0 Å². The van der Waals surface area contributed by atoms with E-state index in [2.05, 4.69) is 4.99 Å². The summed E-state index contributed by atoms with van der Waals surface area (Å²) < 4.78 is 19.8. The molecule has 2 N–H and O–H groups in total. The van der Waals surface area contributed by atoms with Crippen LogP contribution in [0, 0.1) is 11.2 Å². The van der Waals surface area contributed by atoms with Crippen LogP contribution in [0.25, 0.3) is 11.1 Å². The van der Waals surface area contributed by atoms with E-state index in [1.807, 2.05) is 25.1 Å². The zero-order valence-corrected chi connectivity index (χ0v) is 19.7. The van der Waals surface area contributed by atoms with Crippen molar-refractivity contribution in [1.29, 1.82) is 0 Å². The molecule has 2 aromatic carbocycles. The Kier molecular flexibility index (Phi) is 4.49. The second-order valence-corrected chi connectivity index (χ2v) is 10.1. The number of amides is 1. The Morgan fingerprint density at radius 3 is 2.74 bits per heavy atom. The first-order valence-electron chi connectivity index (χ1n) is 11.3. The molecular weight excluding hydrogens is 455 g/mol. The predicted octanol–water partition coefficient (Wildman–Crippen LogP) is 4.56. The highest BCUT2D eigenvalue weighted by molar-refractivity contribution is 6.30. The third-order valence-electron chi connectivity index (χ3n) is 7.90. The van der Waals surface area contributed by atoms with Gasteiger partial charge in [-0.25, -0.2) is 14.4 Å². The molecule has 2 aromatic rings. The van der Waals surface area contributed by atoms with Crippen LogP contribution in [0.15, 0.2) is 57.7 Å². The van der Waals surface area contributed by atoms with E-state index in [1.165, 1.54) is 17.0 Å². The molecule has 4 aliphatic rings. The quantitative estimate of drug-likeness (QED) is 0.652. The third kappa shape index (κ3) is 2.76. The lowest BCUT2D eigenvalue weighted by Gasteiger charge is -2.45. The number of hydrogen-bond donors (Lipinski definition) is 1. The molecule has 2 aliphatic carbocycles. The van der Waals surface area contributed by atoms with E-state index in [4.69, 9.17) is 27.1 Å². The lowest BCUT2D eigenvalue weighted by atomic mass is 9.60. The molecule has 6 nitrogen and oxygen atoms in total. The minimum Gasteiger partial charge on any atom is -0.476 e. The van der Waals surface area contributed by atoms with Crippen molar-refractivity contribution in [2.45, 2.75) is 38.1 Å². The predicted molar refractivity (Wildman–Crippen MR) is 129 cm³/mol. The van der Waals surface area contributed by atoms with Crippen LogP contribution in [-0.2, 0) is 21.5 Å². The van der Waals surface area contributed by atoms with Crippen LogP contribution in [0.4, 0.5) is 4.39 Å². The van der Waals surface area contributed by atoms with Gasteiger partial charge in [0.1, 0.15) is 11.6 Å². The summed E-state index contributed by atoms with van der Waals surface area (Å²) in [5.41, 5.74) is 10.1. The highest BCUT2D eigenvalue weighted by Crippen LogP contribution is 2.62. The SMILES string of the molecule is CC1=C2CC3(CCC2=NCO1)Cc1ccc(-c2cc(F)cc(Cl)c2)cc1C31N=C(N)N(C)C1=O. The zero-order valence-electron chi connectivity index (χ0n) is 19.0. The van der Waals surface area contributed by atoms with Crippen LogP contribution >= 0.6 is 11.6 Å². The molecule has 0 bridgehead atoms. The van der Waals surface area contributed by atoms with Gasteiger partial charge in [0.05, 0.1) is 0 Å². The lowest BCUT2D eigenvalue weighted by molar-refractivity contribution is -0.135. The fourth-order valence-corrected chi connectivity index (χ4v) is 6.42. The maximum absolute atomic E-state index is 14.1. The van der Waals surface area contributed by atoms with Gasteiger partial charge < -0.3 is 10.5 Å².